The summed E-state index contributed by atoms with van der Waals surface area (Å²) < 4.78 is 0. The zero-order chi connectivity index (χ0) is 10.2. The zero-order valence-electron chi connectivity index (χ0n) is 7.74. The number of hydrogen-bond donors (Lipinski definition) is 3. The molecule has 0 spiro atoms. The van der Waals surface area contributed by atoms with Crippen molar-refractivity contribution in [2.45, 2.75) is 25.7 Å². The van der Waals surface area contributed by atoms with Crippen molar-refractivity contribution < 1.29 is 15.3 Å². The topological polar surface area (TPSA) is 84.5 Å². The lowest BCUT2D eigenvalue weighted by Crippen LogP contribution is -2.24. The Kier molecular flexibility index (Phi) is 6.51. The highest BCUT2D eigenvalue weighted by Crippen LogP contribution is 2.28. The largest absolute Gasteiger partial charge is 0.396 e. The summed E-state index contributed by atoms with van der Waals surface area (Å²) in [4.78, 5) is 0. The Morgan fingerprint density at radius 1 is 1.00 bits per heavy atom. The molecule has 0 amide bonds. The summed E-state index contributed by atoms with van der Waals surface area (Å²) in [5, 5.41) is 35.1. The fourth-order valence-electron chi connectivity index (χ4n) is 1.27. The number of hydrogen-bond acceptors (Lipinski definition) is 4. The second kappa shape index (κ2) is 6.84. The standard InChI is InChI=1S/C9H17NO3/c10-7-9(8-13,3-1-5-11)4-2-6-12/h11-13H,1-6,8H2. The van der Waals surface area contributed by atoms with Crippen molar-refractivity contribution in [1.29, 1.82) is 5.26 Å². The van der Waals surface area contributed by atoms with Gasteiger partial charge in [-0.15, -0.1) is 0 Å². The fourth-order valence-corrected chi connectivity index (χ4v) is 1.27. The van der Waals surface area contributed by atoms with E-state index in [1.807, 2.05) is 0 Å². The van der Waals surface area contributed by atoms with Crippen LogP contribution in [0.2, 0.25) is 0 Å². The summed E-state index contributed by atoms with van der Waals surface area (Å²) in [6.45, 7) is -0.144. The summed E-state index contributed by atoms with van der Waals surface area (Å²) in [6.07, 6.45) is 1.99. The van der Waals surface area contributed by atoms with Crippen LogP contribution >= 0.6 is 0 Å². The molecule has 0 rings (SSSR count). The highest BCUT2D eigenvalue weighted by molar-refractivity contribution is 4.98. The molecule has 76 valence electrons. The maximum atomic E-state index is 9.04. The molecule has 0 aromatic heterocycles. The lowest BCUT2D eigenvalue weighted by Gasteiger charge is -2.23. The van der Waals surface area contributed by atoms with E-state index < -0.39 is 5.41 Å². The minimum atomic E-state index is -0.772. The van der Waals surface area contributed by atoms with Crippen LogP contribution in [0, 0.1) is 16.7 Å². The smallest absolute Gasteiger partial charge is 0.0805 e. The van der Waals surface area contributed by atoms with Gasteiger partial charge >= 0.3 is 0 Å². The number of aliphatic hydroxyl groups is 3. The number of aliphatic hydroxyl groups excluding tert-OH is 3. The maximum absolute atomic E-state index is 9.04. The van der Waals surface area contributed by atoms with Crippen molar-refractivity contribution in [2.24, 2.45) is 5.41 Å². The van der Waals surface area contributed by atoms with Crippen molar-refractivity contribution in [3.8, 4) is 6.07 Å². The van der Waals surface area contributed by atoms with Gasteiger partial charge in [0.2, 0.25) is 0 Å². The second-order valence-electron chi connectivity index (χ2n) is 3.20. The molecule has 0 fully saturated rings. The highest BCUT2D eigenvalue weighted by atomic mass is 16.3. The molecular weight excluding hydrogens is 170 g/mol. The molecular formula is C9H17NO3. The molecule has 0 aliphatic rings. The summed E-state index contributed by atoms with van der Waals surface area (Å²) in [5.74, 6) is 0. The minimum absolute atomic E-state index is 0.0303. The Hall–Kier alpha value is -0.630. The van der Waals surface area contributed by atoms with Gasteiger partial charge in [0.1, 0.15) is 0 Å². The summed E-state index contributed by atoms with van der Waals surface area (Å²) in [7, 11) is 0. The Labute approximate surface area is 78.4 Å². The number of rotatable bonds is 7. The van der Waals surface area contributed by atoms with Crippen LogP contribution in [0.1, 0.15) is 25.7 Å². The average molecular weight is 187 g/mol. The molecule has 0 bridgehead atoms. The molecule has 0 aliphatic carbocycles. The van der Waals surface area contributed by atoms with Crippen molar-refractivity contribution in [3.05, 3.63) is 0 Å². The third kappa shape index (κ3) is 4.23. The number of nitriles is 1. The Morgan fingerprint density at radius 2 is 1.46 bits per heavy atom. The van der Waals surface area contributed by atoms with Gasteiger partial charge in [-0.25, -0.2) is 0 Å². The normalized spacial score (nSPS) is 11.2. The lowest BCUT2D eigenvalue weighted by atomic mass is 9.81. The highest BCUT2D eigenvalue weighted by Gasteiger charge is 2.27. The molecule has 0 radical (unpaired) electrons. The van der Waals surface area contributed by atoms with Gasteiger partial charge in [-0.1, -0.05) is 0 Å². The van der Waals surface area contributed by atoms with Crippen molar-refractivity contribution in [2.75, 3.05) is 19.8 Å². The molecule has 4 heteroatoms. The van der Waals surface area contributed by atoms with Gasteiger partial charge in [0.25, 0.3) is 0 Å². The molecule has 3 N–H and O–H groups in total. The third-order valence-corrected chi connectivity index (χ3v) is 2.17. The van der Waals surface area contributed by atoms with Crippen LogP contribution in [-0.2, 0) is 0 Å². The number of nitrogens with zero attached hydrogens (tertiary/aromatic N) is 1. The quantitative estimate of drug-likeness (QED) is 0.525. The average Bonchev–Trinajstić information content (AvgIpc) is 2.20. The molecule has 4 nitrogen and oxygen atoms in total. The minimum Gasteiger partial charge on any atom is -0.396 e. The Balaban J connectivity index is 4.07. The molecule has 0 heterocycles. The summed E-state index contributed by atoms with van der Waals surface area (Å²) >= 11 is 0. The first-order valence-electron chi connectivity index (χ1n) is 4.48. The second-order valence-corrected chi connectivity index (χ2v) is 3.20. The van der Waals surface area contributed by atoms with E-state index in [1.165, 1.54) is 0 Å². The monoisotopic (exact) mass is 187 g/mol. The lowest BCUT2D eigenvalue weighted by molar-refractivity contribution is 0.133. The van der Waals surface area contributed by atoms with E-state index in [1.54, 1.807) is 0 Å². The van der Waals surface area contributed by atoms with E-state index in [4.69, 9.17) is 20.6 Å². The van der Waals surface area contributed by atoms with E-state index in [-0.39, 0.29) is 19.8 Å². The van der Waals surface area contributed by atoms with E-state index in [0.717, 1.165) is 0 Å². The first-order valence-corrected chi connectivity index (χ1v) is 4.48. The van der Waals surface area contributed by atoms with Crippen LogP contribution in [0.5, 0.6) is 0 Å². The van der Waals surface area contributed by atoms with E-state index in [9.17, 15) is 0 Å². The van der Waals surface area contributed by atoms with Crippen LogP contribution in [0.4, 0.5) is 0 Å². The van der Waals surface area contributed by atoms with Crippen molar-refractivity contribution >= 4 is 0 Å². The van der Waals surface area contributed by atoms with Gasteiger partial charge in [0.05, 0.1) is 18.1 Å². The van der Waals surface area contributed by atoms with E-state index in [0.29, 0.717) is 25.7 Å². The van der Waals surface area contributed by atoms with Crippen molar-refractivity contribution in [3.63, 3.8) is 0 Å². The van der Waals surface area contributed by atoms with Gasteiger partial charge < -0.3 is 15.3 Å². The first-order chi connectivity index (χ1) is 6.24. The van der Waals surface area contributed by atoms with Crippen molar-refractivity contribution in [1.82, 2.24) is 0 Å². The van der Waals surface area contributed by atoms with Crippen LogP contribution in [0.25, 0.3) is 0 Å². The first kappa shape index (κ1) is 12.4. The molecule has 0 atom stereocenters. The van der Waals surface area contributed by atoms with Gasteiger partial charge in [0, 0.05) is 13.2 Å². The van der Waals surface area contributed by atoms with Crippen LogP contribution < -0.4 is 0 Å². The molecule has 0 saturated carbocycles. The van der Waals surface area contributed by atoms with Crippen LogP contribution in [0.3, 0.4) is 0 Å². The predicted octanol–water partition coefficient (Wildman–Crippen LogP) is 0.0337. The van der Waals surface area contributed by atoms with Gasteiger partial charge in [-0.2, -0.15) is 5.26 Å². The Morgan fingerprint density at radius 3 is 1.69 bits per heavy atom. The molecule has 0 saturated heterocycles. The third-order valence-electron chi connectivity index (χ3n) is 2.17. The van der Waals surface area contributed by atoms with Gasteiger partial charge in [-0.05, 0) is 25.7 Å². The predicted molar refractivity (Wildman–Crippen MR) is 47.8 cm³/mol. The summed E-state index contributed by atoms with van der Waals surface area (Å²) in [6, 6.07) is 2.06. The molecule has 13 heavy (non-hydrogen) atoms. The Bertz CT molecular complexity index is 157. The summed E-state index contributed by atoms with van der Waals surface area (Å²) in [5.41, 5.74) is -0.772. The molecule has 0 aromatic carbocycles. The zero-order valence-corrected chi connectivity index (χ0v) is 7.74. The van der Waals surface area contributed by atoms with Crippen LogP contribution in [-0.4, -0.2) is 35.1 Å². The van der Waals surface area contributed by atoms with Gasteiger partial charge in [0.15, 0.2) is 0 Å². The maximum Gasteiger partial charge on any atom is 0.0805 e. The van der Waals surface area contributed by atoms with E-state index >= 15 is 0 Å². The molecule has 0 aliphatic heterocycles. The fraction of sp³-hybridized carbons (Fsp3) is 0.889. The molecule has 0 aromatic rings. The van der Waals surface area contributed by atoms with E-state index in [2.05, 4.69) is 6.07 Å². The van der Waals surface area contributed by atoms with Crippen LogP contribution in [0.15, 0.2) is 0 Å². The SMILES string of the molecule is N#CC(CO)(CCCO)CCCO. The molecule has 0 unspecified atom stereocenters. The van der Waals surface area contributed by atoms with Gasteiger partial charge in [-0.3, -0.25) is 0 Å².